The molecule has 1 saturated heterocycles. The van der Waals surface area contributed by atoms with Crippen molar-refractivity contribution in [3.05, 3.63) is 22.8 Å². The zero-order chi connectivity index (χ0) is 14.3. The molecule has 3 rings (SSSR count). The van der Waals surface area contributed by atoms with Gasteiger partial charge in [0.1, 0.15) is 5.82 Å². The zero-order valence-corrected chi connectivity index (χ0v) is 11.5. The molecule has 1 N–H and O–H groups in total. The molecule has 1 atom stereocenters. The Labute approximate surface area is 120 Å². The minimum absolute atomic E-state index is 0.0182. The summed E-state index contributed by atoms with van der Waals surface area (Å²) in [5, 5.41) is 3.17. The molecule has 1 saturated carbocycles. The second kappa shape index (κ2) is 5.07. The van der Waals surface area contributed by atoms with Crippen LogP contribution in [0.1, 0.15) is 24.8 Å². The van der Waals surface area contributed by atoms with Crippen molar-refractivity contribution in [1.82, 2.24) is 9.88 Å². The molecule has 0 aromatic carbocycles. The van der Waals surface area contributed by atoms with Gasteiger partial charge < -0.3 is 5.32 Å². The van der Waals surface area contributed by atoms with Crippen molar-refractivity contribution < 1.29 is 13.2 Å². The summed E-state index contributed by atoms with van der Waals surface area (Å²) in [6, 6.07) is 1.83. The van der Waals surface area contributed by atoms with E-state index < -0.39 is 11.7 Å². The van der Waals surface area contributed by atoms with Crippen molar-refractivity contribution in [1.29, 1.82) is 0 Å². The molecule has 2 fully saturated rings. The first-order chi connectivity index (χ1) is 9.43. The van der Waals surface area contributed by atoms with Crippen LogP contribution in [-0.4, -0.2) is 35.1 Å². The van der Waals surface area contributed by atoms with Gasteiger partial charge in [-0.15, -0.1) is 0 Å². The number of aromatic nitrogens is 1. The quantitative estimate of drug-likeness (QED) is 0.927. The van der Waals surface area contributed by atoms with Crippen molar-refractivity contribution >= 4 is 17.4 Å². The van der Waals surface area contributed by atoms with Crippen LogP contribution in [-0.2, 0) is 6.18 Å². The lowest BCUT2D eigenvalue weighted by Gasteiger charge is -2.17. The number of alkyl halides is 3. The summed E-state index contributed by atoms with van der Waals surface area (Å²) < 4.78 is 37.6. The van der Waals surface area contributed by atoms with E-state index in [1.807, 2.05) is 0 Å². The highest BCUT2D eigenvalue weighted by Crippen LogP contribution is 2.34. The number of rotatable bonds is 3. The second-order valence-electron chi connectivity index (χ2n) is 5.41. The number of hydrogen-bond acceptors (Lipinski definition) is 3. The van der Waals surface area contributed by atoms with Crippen molar-refractivity contribution in [2.45, 2.75) is 37.5 Å². The third-order valence-electron chi connectivity index (χ3n) is 3.79. The molecular weight excluding hydrogens is 291 g/mol. The van der Waals surface area contributed by atoms with E-state index >= 15 is 0 Å². The molecule has 1 aliphatic carbocycles. The summed E-state index contributed by atoms with van der Waals surface area (Å²) in [7, 11) is 0. The molecule has 0 amide bonds. The van der Waals surface area contributed by atoms with Crippen LogP contribution in [0.15, 0.2) is 12.3 Å². The van der Waals surface area contributed by atoms with Gasteiger partial charge in [0.05, 0.1) is 10.6 Å². The Bertz CT molecular complexity index is 502. The summed E-state index contributed by atoms with van der Waals surface area (Å²) in [5.74, 6) is 0.335. The topological polar surface area (TPSA) is 28.2 Å². The van der Waals surface area contributed by atoms with Crippen LogP contribution in [0.5, 0.6) is 0 Å². The van der Waals surface area contributed by atoms with E-state index in [9.17, 15) is 13.2 Å². The number of likely N-dealkylation sites (tertiary alicyclic amines) is 1. The molecule has 2 heterocycles. The molecule has 0 bridgehead atoms. The number of hydrogen-bond donors (Lipinski definition) is 1. The Balaban J connectivity index is 1.65. The molecule has 0 radical (unpaired) electrons. The Hall–Kier alpha value is -1.01. The van der Waals surface area contributed by atoms with Gasteiger partial charge in [-0.05, 0) is 25.3 Å². The van der Waals surface area contributed by atoms with Crippen LogP contribution >= 0.6 is 11.6 Å². The molecule has 1 aromatic rings. The van der Waals surface area contributed by atoms with Gasteiger partial charge >= 0.3 is 6.18 Å². The fourth-order valence-electron chi connectivity index (χ4n) is 2.57. The van der Waals surface area contributed by atoms with Gasteiger partial charge in [-0.25, -0.2) is 4.98 Å². The zero-order valence-electron chi connectivity index (χ0n) is 10.8. The molecule has 1 aliphatic heterocycles. The highest BCUT2D eigenvalue weighted by atomic mass is 35.5. The Morgan fingerprint density at radius 2 is 2.05 bits per heavy atom. The smallest absolute Gasteiger partial charge is 0.365 e. The van der Waals surface area contributed by atoms with Crippen LogP contribution in [0.3, 0.4) is 0 Å². The van der Waals surface area contributed by atoms with E-state index in [2.05, 4.69) is 15.2 Å². The van der Waals surface area contributed by atoms with E-state index in [-0.39, 0.29) is 11.1 Å². The lowest BCUT2D eigenvalue weighted by atomic mass is 10.2. The minimum atomic E-state index is -4.41. The number of nitrogens with one attached hydrogen (secondary N) is 1. The van der Waals surface area contributed by atoms with Crippen molar-refractivity contribution in [3.8, 4) is 0 Å². The minimum Gasteiger partial charge on any atom is -0.365 e. The first kappa shape index (κ1) is 13.9. The molecule has 0 spiro atoms. The number of halogens is 4. The Kier molecular flexibility index (Phi) is 3.54. The molecule has 2 aliphatic rings. The van der Waals surface area contributed by atoms with Crippen LogP contribution in [0.4, 0.5) is 19.0 Å². The van der Waals surface area contributed by atoms with Gasteiger partial charge in [0.2, 0.25) is 0 Å². The van der Waals surface area contributed by atoms with Crippen LogP contribution in [0.25, 0.3) is 0 Å². The first-order valence-corrected chi connectivity index (χ1v) is 7.04. The Morgan fingerprint density at radius 1 is 1.30 bits per heavy atom. The monoisotopic (exact) mass is 305 g/mol. The van der Waals surface area contributed by atoms with Gasteiger partial charge in [-0.1, -0.05) is 11.6 Å². The van der Waals surface area contributed by atoms with Gasteiger partial charge in [0.15, 0.2) is 0 Å². The average molecular weight is 306 g/mol. The second-order valence-corrected chi connectivity index (χ2v) is 5.82. The lowest BCUT2D eigenvalue weighted by Crippen LogP contribution is -2.28. The molecule has 110 valence electrons. The number of pyridine rings is 1. The van der Waals surface area contributed by atoms with E-state index in [4.69, 9.17) is 11.6 Å². The molecule has 7 heteroatoms. The van der Waals surface area contributed by atoms with Crippen LogP contribution in [0.2, 0.25) is 5.02 Å². The first-order valence-electron chi connectivity index (χ1n) is 6.67. The summed E-state index contributed by atoms with van der Waals surface area (Å²) in [4.78, 5) is 6.22. The normalized spacial score (nSPS) is 24.1. The van der Waals surface area contributed by atoms with Crippen LogP contribution in [0, 0.1) is 0 Å². The number of nitrogens with zero attached hydrogens (tertiary/aromatic N) is 2. The third kappa shape index (κ3) is 3.01. The van der Waals surface area contributed by atoms with Crippen molar-refractivity contribution in [3.63, 3.8) is 0 Å². The summed E-state index contributed by atoms with van der Waals surface area (Å²) >= 11 is 5.89. The maximum Gasteiger partial charge on any atom is 0.417 e. The van der Waals surface area contributed by atoms with Crippen LogP contribution < -0.4 is 5.32 Å². The summed E-state index contributed by atoms with van der Waals surface area (Å²) in [6.07, 6.45) is -0.110. The lowest BCUT2D eigenvalue weighted by molar-refractivity contribution is -0.137. The van der Waals surface area contributed by atoms with Gasteiger partial charge in [0, 0.05) is 31.4 Å². The van der Waals surface area contributed by atoms with Crippen molar-refractivity contribution in [2.75, 3.05) is 18.4 Å². The maximum absolute atomic E-state index is 12.5. The predicted molar refractivity (Wildman–Crippen MR) is 70.9 cm³/mol. The largest absolute Gasteiger partial charge is 0.417 e. The molecule has 1 aromatic heterocycles. The van der Waals surface area contributed by atoms with E-state index in [0.29, 0.717) is 11.9 Å². The fraction of sp³-hybridized carbons (Fsp3) is 0.615. The van der Waals surface area contributed by atoms with E-state index in [1.54, 1.807) is 0 Å². The summed E-state index contributed by atoms with van der Waals surface area (Å²) in [5.41, 5.74) is -0.820. The highest BCUT2D eigenvalue weighted by Gasteiger charge is 2.35. The summed E-state index contributed by atoms with van der Waals surface area (Å²) in [6.45, 7) is 1.93. The molecule has 3 nitrogen and oxygen atoms in total. The number of anilines is 1. The fourth-order valence-corrected chi connectivity index (χ4v) is 2.79. The maximum atomic E-state index is 12.5. The molecule has 20 heavy (non-hydrogen) atoms. The highest BCUT2D eigenvalue weighted by molar-refractivity contribution is 6.33. The molecule has 0 unspecified atom stereocenters. The van der Waals surface area contributed by atoms with Crippen molar-refractivity contribution in [2.24, 2.45) is 0 Å². The van der Waals surface area contributed by atoms with Gasteiger partial charge in [-0.3, -0.25) is 4.90 Å². The standard InChI is InChI=1S/C13H15ClF3N3/c14-11-5-8(13(15,16)17)6-18-12(11)19-9-3-4-20(7-9)10-1-2-10/h5-6,9-10H,1-4,7H2,(H,18,19)/t9-/m0/s1. The third-order valence-corrected chi connectivity index (χ3v) is 4.08. The molecular formula is C13H15ClF3N3. The Morgan fingerprint density at radius 3 is 2.65 bits per heavy atom. The SMILES string of the molecule is FC(F)(F)c1cnc(N[C@H]2CCN(C3CC3)C2)c(Cl)c1. The van der Waals surface area contributed by atoms with Gasteiger partial charge in [0.25, 0.3) is 0 Å². The predicted octanol–water partition coefficient (Wildman–Crippen LogP) is 3.40. The van der Waals surface area contributed by atoms with Gasteiger partial charge in [-0.2, -0.15) is 13.2 Å². The van der Waals surface area contributed by atoms with E-state index in [0.717, 1.165) is 31.8 Å². The van der Waals surface area contributed by atoms with E-state index in [1.165, 1.54) is 12.8 Å². The average Bonchev–Trinajstić information content (AvgIpc) is 3.11.